The average molecular weight is 219 g/mol. The van der Waals surface area contributed by atoms with Crippen molar-refractivity contribution in [3.8, 4) is 0 Å². The van der Waals surface area contributed by atoms with Crippen LogP contribution < -0.4 is 5.73 Å². The molecule has 3 unspecified atom stereocenters. The highest BCUT2D eigenvalue weighted by molar-refractivity contribution is 7.92. The summed E-state index contributed by atoms with van der Waals surface area (Å²) in [6.45, 7) is 4.09. The first-order valence-corrected chi connectivity index (χ1v) is 7.02. The normalized spacial score (nSPS) is 31.4. The highest BCUT2D eigenvalue weighted by Gasteiger charge is 2.33. The molecule has 0 saturated heterocycles. The summed E-state index contributed by atoms with van der Waals surface area (Å²) in [5.41, 5.74) is 5.42. The molecular weight excluding hydrogens is 198 g/mol. The molecule has 0 aliphatic heterocycles. The van der Waals surface area contributed by atoms with E-state index in [0.29, 0.717) is 5.92 Å². The zero-order valence-corrected chi connectivity index (χ0v) is 9.89. The largest absolute Gasteiger partial charge is 0.329 e. The first-order chi connectivity index (χ1) is 6.48. The van der Waals surface area contributed by atoms with Gasteiger partial charge in [-0.3, -0.25) is 0 Å². The van der Waals surface area contributed by atoms with Gasteiger partial charge in [-0.15, -0.1) is 0 Å². The molecule has 1 rings (SSSR count). The Morgan fingerprint density at radius 2 is 2.07 bits per heavy atom. The van der Waals surface area contributed by atoms with E-state index in [4.69, 9.17) is 5.73 Å². The molecule has 84 valence electrons. The summed E-state index contributed by atoms with van der Waals surface area (Å²) in [5.74, 6) is 0.550. The molecule has 3 nitrogen and oxygen atoms in total. The minimum atomic E-state index is -2.97. The molecule has 1 fully saturated rings. The van der Waals surface area contributed by atoms with Crippen LogP contribution in [0, 0.1) is 5.92 Å². The SMILES string of the molecule is CC1CCCC(S(=O)(=O)C(C)CN)C1. The number of rotatable bonds is 3. The molecule has 14 heavy (non-hydrogen) atoms. The van der Waals surface area contributed by atoms with Crippen molar-refractivity contribution in [1.82, 2.24) is 0 Å². The maximum atomic E-state index is 12.0. The Labute approximate surface area is 87.0 Å². The molecule has 0 radical (unpaired) electrons. The zero-order valence-electron chi connectivity index (χ0n) is 9.07. The smallest absolute Gasteiger partial charge is 0.156 e. The predicted octanol–water partition coefficient (Wildman–Crippen LogP) is 1.33. The summed E-state index contributed by atoms with van der Waals surface area (Å²) < 4.78 is 24.0. The summed E-state index contributed by atoms with van der Waals surface area (Å²) in [6, 6.07) is 0. The number of hydrogen-bond acceptors (Lipinski definition) is 3. The van der Waals surface area contributed by atoms with Gasteiger partial charge >= 0.3 is 0 Å². The molecule has 0 aromatic carbocycles. The summed E-state index contributed by atoms with van der Waals surface area (Å²) in [6.07, 6.45) is 3.87. The third-order valence-electron chi connectivity index (χ3n) is 3.25. The van der Waals surface area contributed by atoms with Crippen molar-refractivity contribution in [1.29, 1.82) is 0 Å². The average Bonchev–Trinajstić information content (AvgIpc) is 2.16. The summed E-state index contributed by atoms with van der Waals surface area (Å²) in [4.78, 5) is 0. The second kappa shape index (κ2) is 4.62. The lowest BCUT2D eigenvalue weighted by Crippen LogP contribution is -2.37. The standard InChI is InChI=1S/C10H21NO2S/c1-8-4-3-5-10(6-8)14(12,13)9(2)7-11/h8-10H,3-7,11H2,1-2H3. The van der Waals surface area contributed by atoms with Crippen LogP contribution in [-0.4, -0.2) is 25.5 Å². The van der Waals surface area contributed by atoms with Gasteiger partial charge in [0.1, 0.15) is 0 Å². The zero-order chi connectivity index (χ0) is 10.8. The van der Waals surface area contributed by atoms with Gasteiger partial charge in [-0.2, -0.15) is 0 Å². The Balaban J connectivity index is 2.72. The van der Waals surface area contributed by atoms with Crippen LogP contribution >= 0.6 is 0 Å². The van der Waals surface area contributed by atoms with Crippen molar-refractivity contribution >= 4 is 9.84 Å². The lowest BCUT2D eigenvalue weighted by Gasteiger charge is -2.28. The van der Waals surface area contributed by atoms with Crippen LogP contribution in [0.25, 0.3) is 0 Å². The molecule has 1 saturated carbocycles. The topological polar surface area (TPSA) is 60.2 Å². The van der Waals surface area contributed by atoms with Crippen LogP contribution in [0.3, 0.4) is 0 Å². The molecule has 0 amide bonds. The van der Waals surface area contributed by atoms with Crippen LogP contribution in [0.1, 0.15) is 39.5 Å². The van der Waals surface area contributed by atoms with Crippen molar-refractivity contribution in [3.05, 3.63) is 0 Å². The van der Waals surface area contributed by atoms with Gasteiger partial charge in [0.05, 0.1) is 10.5 Å². The molecule has 0 heterocycles. The fraction of sp³-hybridized carbons (Fsp3) is 1.00. The van der Waals surface area contributed by atoms with E-state index in [2.05, 4.69) is 6.92 Å². The molecule has 1 aliphatic rings. The second-order valence-corrected chi connectivity index (χ2v) is 7.18. The van der Waals surface area contributed by atoms with Crippen molar-refractivity contribution in [3.63, 3.8) is 0 Å². The highest BCUT2D eigenvalue weighted by atomic mass is 32.2. The van der Waals surface area contributed by atoms with Gasteiger partial charge in [0.15, 0.2) is 9.84 Å². The van der Waals surface area contributed by atoms with Crippen molar-refractivity contribution in [2.24, 2.45) is 11.7 Å². The van der Waals surface area contributed by atoms with Gasteiger partial charge in [0, 0.05) is 6.54 Å². The van der Waals surface area contributed by atoms with E-state index in [1.54, 1.807) is 6.92 Å². The molecule has 3 atom stereocenters. The first kappa shape index (κ1) is 12.0. The van der Waals surface area contributed by atoms with E-state index in [0.717, 1.165) is 19.3 Å². The van der Waals surface area contributed by atoms with Crippen LogP contribution in [-0.2, 0) is 9.84 Å². The van der Waals surface area contributed by atoms with Crippen LogP contribution in [0.15, 0.2) is 0 Å². The van der Waals surface area contributed by atoms with Gasteiger partial charge < -0.3 is 5.73 Å². The third-order valence-corrected chi connectivity index (χ3v) is 5.92. The molecular formula is C10H21NO2S. The summed E-state index contributed by atoms with van der Waals surface area (Å²) >= 11 is 0. The highest BCUT2D eigenvalue weighted by Crippen LogP contribution is 2.29. The van der Waals surface area contributed by atoms with Crippen molar-refractivity contribution < 1.29 is 8.42 Å². The lowest BCUT2D eigenvalue weighted by molar-refractivity contribution is 0.380. The second-order valence-electron chi connectivity index (χ2n) is 4.53. The van der Waals surface area contributed by atoms with Crippen molar-refractivity contribution in [2.75, 3.05) is 6.54 Å². The van der Waals surface area contributed by atoms with Gasteiger partial charge in [-0.1, -0.05) is 19.8 Å². The Morgan fingerprint density at radius 3 is 2.57 bits per heavy atom. The number of nitrogens with two attached hydrogens (primary N) is 1. The van der Waals surface area contributed by atoms with Crippen molar-refractivity contribution in [2.45, 2.75) is 50.0 Å². The lowest BCUT2D eigenvalue weighted by atomic mass is 9.91. The molecule has 4 heteroatoms. The van der Waals surface area contributed by atoms with Crippen LogP contribution in [0.4, 0.5) is 0 Å². The Kier molecular flexibility index (Phi) is 3.95. The molecule has 2 N–H and O–H groups in total. The monoisotopic (exact) mass is 219 g/mol. The molecule has 0 aromatic rings. The molecule has 1 aliphatic carbocycles. The quantitative estimate of drug-likeness (QED) is 0.779. The molecule has 0 spiro atoms. The number of sulfone groups is 1. The summed E-state index contributed by atoms with van der Waals surface area (Å²) in [7, 11) is -2.97. The van der Waals surface area contributed by atoms with E-state index in [1.807, 2.05) is 0 Å². The van der Waals surface area contributed by atoms with Gasteiger partial charge in [-0.05, 0) is 25.7 Å². The maximum Gasteiger partial charge on any atom is 0.156 e. The Bertz CT molecular complexity index is 274. The Morgan fingerprint density at radius 1 is 1.43 bits per heavy atom. The van der Waals surface area contributed by atoms with Crippen LogP contribution in [0.2, 0.25) is 0 Å². The van der Waals surface area contributed by atoms with E-state index in [1.165, 1.54) is 6.42 Å². The third kappa shape index (κ3) is 2.48. The maximum absolute atomic E-state index is 12.0. The van der Waals surface area contributed by atoms with E-state index >= 15 is 0 Å². The predicted molar refractivity (Wildman–Crippen MR) is 58.9 cm³/mol. The Hall–Kier alpha value is -0.0900. The fourth-order valence-electron chi connectivity index (χ4n) is 2.14. The first-order valence-electron chi connectivity index (χ1n) is 5.41. The summed E-state index contributed by atoms with van der Waals surface area (Å²) in [5, 5.41) is -0.511. The van der Waals surface area contributed by atoms with Gasteiger partial charge in [0.25, 0.3) is 0 Å². The van der Waals surface area contributed by atoms with E-state index in [9.17, 15) is 8.42 Å². The fourth-order valence-corrected chi connectivity index (χ4v) is 4.16. The minimum Gasteiger partial charge on any atom is -0.329 e. The molecule has 0 bridgehead atoms. The van der Waals surface area contributed by atoms with Gasteiger partial charge in [0.2, 0.25) is 0 Å². The van der Waals surface area contributed by atoms with E-state index < -0.39 is 9.84 Å². The van der Waals surface area contributed by atoms with Gasteiger partial charge in [-0.25, -0.2) is 8.42 Å². The minimum absolute atomic E-state index is 0.134. The molecule has 0 aromatic heterocycles. The number of hydrogen-bond donors (Lipinski definition) is 1. The van der Waals surface area contributed by atoms with Crippen LogP contribution in [0.5, 0.6) is 0 Å². The van der Waals surface area contributed by atoms with E-state index in [-0.39, 0.29) is 17.0 Å².